The van der Waals surface area contributed by atoms with Crippen LogP contribution in [0.1, 0.15) is 33.9 Å². The van der Waals surface area contributed by atoms with Crippen molar-refractivity contribution in [2.45, 2.75) is 26.8 Å². The van der Waals surface area contributed by atoms with Gasteiger partial charge in [0.15, 0.2) is 0 Å². The van der Waals surface area contributed by atoms with E-state index in [4.69, 9.17) is 11.6 Å². The second-order valence-electron chi connectivity index (χ2n) is 5.20. The van der Waals surface area contributed by atoms with E-state index in [1.807, 2.05) is 20.0 Å². The quantitative estimate of drug-likeness (QED) is 0.786. The van der Waals surface area contributed by atoms with Gasteiger partial charge in [0, 0.05) is 9.50 Å². The van der Waals surface area contributed by atoms with Crippen LogP contribution in [0.5, 0.6) is 0 Å². The van der Waals surface area contributed by atoms with Crippen LogP contribution in [0.25, 0.3) is 0 Å². The van der Waals surface area contributed by atoms with E-state index in [1.54, 1.807) is 0 Å². The largest absolute Gasteiger partial charge is 0.309 e. The first-order valence-electron chi connectivity index (χ1n) is 6.64. The molecule has 1 nitrogen and oxygen atoms in total. The van der Waals surface area contributed by atoms with E-state index in [-0.39, 0.29) is 6.04 Å². The van der Waals surface area contributed by atoms with Crippen molar-refractivity contribution in [1.29, 1.82) is 0 Å². The minimum atomic E-state index is 0.151. The molecule has 0 radical (unpaired) electrons. The maximum absolute atomic E-state index is 6.25. The predicted molar refractivity (Wildman–Crippen MR) is 90.7 cm³/mol. The Morgan fingerprint density at radius 1 is 0.950 bits per heavy atom. The zero-order valence-electron chi connectivity index (χ0n) is 12.2. The van der Waals surface area contributed by atoms with Gasteiger partial charge in [-0.3, -0.25) is 0 Å². The summed E-state index contributed by atoms with van der Waals surface area (Å²) in [6, 6.07) is 10.8. The summed E-state index contributed by atoms with van der Waals surface area (Å²) in [6.07, 6.45) is 0. The Hall–Kier alpha value is -0.830. The highest BCUT2D eigenvalue weighted by molar-refractivity contribution is 9.10. The van der Waals surface area contributed by atoms with Gasteiger partial charge in [0.05, 0.1) is 6.04 Å². The van der Waals surface area contributed by atoms with E-state index in [9.17, 15) is 0 Å². The van der Waals surface area contributed by atoms with Crippen LogP contribution in [0.15, 0.2) is 34.8 Å². The number of hydrogen-bond acceptors (Lipinski definition) is 1. The fraction of sp³-hybridized carbons (Fsp3) is 0.294. The van der Waals surface area contributed by atoms with Crippen molar-refractivity contribution in [3.63, 3.8) is 0 Å². The van der Waals surface area contributed by atoms with Crippen molar-refractivity contribution < 1.29 is 0 Å². The van der Waals surface area contributed by atoms with Crippen LogP contribution in [0, 0.1) is 20.8 Å². The molecule has 0 amide bonds. The van der Waals surface area contributed by atoms with Gasteiger partial charge in [-0.05, 0) is 61.7 Å². The molecule has 1 N–H and O–H groups in total. The van der Waals surface area contributed by atoms with E-state index in [1.165, 1.54) is 26.7 Å². The molecule has 0 fully saturated rings. The smallest absolute Gasteiger partial charge is 0.0575 e. The Labute approximate surface area is 134 Å². The van der Waals surface area contributed by atoms with Gasteiger partial charge in [0.2, 0.25) is 0 Å². The number of aryl methyl sites for hydroxylation is 3. The molecule has 0 bridgehead atoms. The molecule has 20 heavy (non-hydrogen) atoms. The molecule has 2 aromatic carbocycles. The van der Waals surface area contributed by atoms with Crippen molar-refractivity contribution in [2.75, 3.05) is 7.05 Å². The van der Waals surface area contributed by atoms with Crippen molar-refractivity contribution in [3.05, 3.63) is 67.6 Å². The van der Waals surface area contributed by atoms with Crippen LogP contribution >= 0.6 is 27.5 Å². The lowest BCUT2D eigenvalue weighted by molar-refractivity contribution is 0.690. The highest BCUT2D eigenvalue weighted by atomic mass is 79.9. The number of rotatable bonds is 3. The van der Waals surface area contributed by atoms with Crippen molar-refractivity contribution in [2.24, 2.45) is 0 Å². The maximum atomic E-state index is 6.25. The molecule has 106 valence electrons. The summed E-state index contributed by atoms with van der Waals surface area (Å²) in [4.78, 5) is 0. The molecule has 1 atom stereocenters. The summed E-state index contributed by atoms with van der Waals surface area (Å²) in [7, 11) is 1.98. The van der Waals surface area contributed by atoms with E-state index in [0.29, 0.717) is 0 Å². The van der Waals surface area contributed by atoms with Crippen LogP contribution in [-0.2, 0) is 0 Å². The molecule has 0 aromatic heterocycles. The van der Waals surface area contributed by atoms with Gasteiger partial charge in [-0.1, -0.05) is 51.8 Å². The Morgan fingerprint density at radius 2 is 1.55 bits per heavy atom. The zero-order valence-corrected chi connectivity index (χ0v) is 14.6. The average molecular weight is 353 g/mol. The summed E-state index contributed by atoms with van der Waals surface area (Å²) < 4.78 is 1.18. The van der Waals surface area contributed by atoms with Gasteiger partial charge in [-0.15, -0.1) is 0 Å². The first kappa shape index (κ1) is 15.6. The van der Waals surface area contributed by atoms with Crippen molar-refractivity contribution in [1.82, 2.24) is 5.32 Å². The molecule has 0 heterocycles. The molecule has 0 saturated carbocycles. The highest BCUT2D eigenvalue weighted by Gasteiger charge is 2.15. The summed E-state index contributed by atoms with van der Waals surface area (Å²) in [5.74, 6) is 0. The fourth-order valence-electron chi connectivity index (χ4n) is 2.46. The van der Waals surface area contributed by atoms with Crippen LogP contribution in [0.4, 0.5) is 0 Å². The molecule has 1 unspecified atom stereocenters. The molecule has 3 heteroatoms. The second-order valence-corrected chi connectivity index (χ2v) is 6.40. The number of benzene rings is 2. The Balaban J connectivity index is 2.49. The normalized spacial score (nSPS) is 12.5. The first-order valence-corrected chi connectivity index (χ1v) is 7.81. The number of nitrogens with one attached hydrogen (secondary N) is 1. The Kier molecular flexibility index (Phi) is 4.90. The lowest BCUT2D eigenvalue weighted by atomic mass is 9.95. The van der Waals surface area contributed by atoms with Crippen LogP contribution < -0.4 is 5.32 Å². The van der Waals surface area contributed by atoms with Crippen LogP contribution in [-0.4, -0.2) is 7.05 Å². The third-order valence-corrected chi connectivity index (χ3v) is 5.27. The van der Waals surface area contributed by atoms with Gasteiger partial charge >= 0.3 is 0 Å². The average Bonchev–Trinajstić information content (AvgIpc) is 2.41. The Morgan fingerprint density at radius 3 is 2.05 bits per heavy atom. The number of halogens is 2. The maximum Gasteiger partial charge on any atom is 0.0575 e. The van der Waals surface area contributed by atoms with Gasteiger partial charge in [0.25, 0.3) is 0 Å². The molecular weight excluding hydrogens is 334 g/mol. The van der Waals surface area contributed by atoms with Gasteiger partial charge in [-0.25, -0.2) is 0 Å². The molecule has 2 aromatic rings. The summed E-state index contributed by atoms with van der Waals surface area (Å²) in [5, 5.41) is 4.19. The van der Waals surface area contributed by atoms with Crippen molar-refractivity contribution >= 4 is 27.5 Å². The first-order chi connectivity index (χ1) is 9.43. The summed E-state index contributed by atoms with van der Waals surface area (Å²) in [6.45, 7) is 6.26. The molecule has 0 spiro atoms. The third-order valence-electron chi connectivity index (χ3n) is 3.61. The van der Waals surface area contributed by atoms with Gasteiger partial charge in [0.1, 0.15) is 0 Å². The SMILES string of the molecule is CNC(c1cc(C)c(Br)c(C)c1)c1ccc(C)c(Cl)c1. The van der Waals surface area contributed by atoms with Crippen LogP contribution in [0.2, 0.25) is 5.02 Å². The van der Waals surface area contributed by atoms with Gasteiger partial charge < -0.3 is 5.32 Å². The molecule has 0 aliphatic carbocycles. The van der Waals surface area contributed by atoms with Crippen LogP contribution in [0.3, 0.4) is 0 Å². The molecular formula is C17H19BrClN. The monoisotopic (exact) mass is 351 g/mol. The lowest BCUT2D eigenvalue weighted by Gasteiger charge is -2.20. The van der Waals surface area contributed by atoms with E-state index < -0.39 is 0 Å². The predicted octanol–water partition coefficient (Wildman–Crippen LogP) is 5.34. The third kappa shape index (κ3) is 3.08. The molecule has 2 rings (SSSR count). The second kappa shape index (κ2) is 6.30. The van der Waals surface area contributed by atoms with Gasteiger partial charge in [-0.2, -0.15) is 0 Å². The summed E-state index contributed by atoms with van der Waals surface area (Å²) >= 11 is 9.88. The fourth-order valence-corrected chi connectivity index (χ4v) is 2.88. The lowest BCUT2D eigenvalue weighted by Crippen LogP contribution is -2.18. The van der Waals surface area contributed by atoms with E-state index >= 15 is 0 Å². The molecule has 0 saturated heterocycles. The number of hydrogen-bond donors (Lipinski definition) is 1. The minimum Gasteiger partial charge on any atom is -0.309 e. The minimum absolute atomic E-state index is 0.151. The molecule has 0 aliphatic heterocycles. The van der Waals surface area contributed by atoms with Crippen molar-refractivity contribution in [3.8, 4) is 0 Å². The topological polar surface area (TPSA) is 12.0 Å². The molecule has 0 aliphatic rings. The standard InChI is InChI=1S/C17H19BrClN/c1-10-5-6-13(9-15(10)19)17(20-4)14-7-11(2)16(18)12(3)8-14/h5-9,17,20H,1-4H3. The van der Waals surface area contributed by atoms with E-state index in [0.717, 1.165) is 10.6 Å². The highest BCUT2D eigenvalue weighted by Crippen LogP contribution is 2.30. The summed E-state index contributed by atoms with van der Waals surface area (Å²) in [5.41, 5.74) is 6.04. The Bertz CT molecular complexity index is 614. The van der Waals surface area contributed by atoms with E-state index in [2.05, 4.69) is 59.4 Å². The zero-order chi connectivity index (χ0) is 14.9.